The summed E-state index contributed by atoms with van der Waals surface area (Å²) in [5.74, 6) is -0.179. The number of carbonyl (C=O) groups excluding carboxylic acids is 1. The third-order valence-corrected chi connectivity index (χ3v) is 2.82. The summed E-state index contributed by atoms with van der Waals surface area (Å²) in [4.78, 5) is 18.2. The molecule has 0 aliphatic carbocycles. The molecule has 1 unspecified atom stereocenters. The number of hydrogen-bond acceptors (Lipinski definition) is 4. The number of amides is 1. The molecule has 0 bridgehead atoms. The molecule has 0 radical (unpaired) electrons. The summed E-state index contributed by atoms with van der Waals surface area (Å²) in [6, 6.07) is 3.33. The molecule has 0 spiro atoms. The highest BCUT2D eigenvalue weighted by Crippen LogP contribution is 2.03. The number of nitrogens with two attached hydrogens (primary N) is 1. The molecule has 1 aromatic rings. The van der Waals surface area contributed by atoms with Gasteiger partial charge in [-0.2, -0.15) is 0 Å². The van der Waals surface area contributed by atoms with E-state index in [1.54, 1.807) is 18.3 Å². The van der Waals surface area contributed by atoms with Crippen LogP contribution in [0.4, 0.5) is 5.69 Å². The summed E-state index contributed by atoms with van der Waals surface area (Å²) < 4.78 is 0. The van der Waals surface area contributed by atoms with Gasteiger partial charge in [-0.25, -0.2) is 0 Å². The number of nitrogen functional groups attached to an aromatic ring is 1. The maximum absolute atomic E-state index is 11.9. The van der Waals surface area contributed by atoms with E-state index in [2.05, 4.69) is 29.0 Å². The van der Waals surface area contributed by atoms with Crippen molar-refractivity contribution in [1.82, 2.24) is 15.2 Å². The maximum Gasteiger partial charge on any atom is 0.270 e. The number of aromatic nitrogens is 1. The van der Waals surface area contributed by atoms with Crippen molar-refractivity contribution in [2.24, 2.45) is 0 Å². The first-order valence-electron chi connectivity index (χ1n) is 6.31. The van der Waals surface area contributed by atoms with E-state index in [-0.39, 0.29) is 11.9 Å². The maximum atomic E-state index is 11.9. The van der Waals surface area contributed by atoms with Crippen LogP contribution in [-0.2, 0) is 0 Å². The van der Waals surface area contributed by atoms with Gasteiger partial charge >= 0.3 is 0 Å². The topological polar surface area (TPSA) is 71.2 Å². The Labute approximate surface area is 108 Å². The van der Waals surface area contributed by atoms with Crippen LogP contribution in [0.5, 0.6) is 0 Å². The number of nitrogens with zero attached hydrogens (tertiary/aromatic N) is 2. The molecule has 1 amide bonds. The molecule has 0 fully saturated rings. The summed E-state index contributed by atoms with van der Waals surface area (Å²) in [5, 5.41) is 2.92. The van der Waals surface area contributed by atoms with E-state index >= 15 is 0 Å². The monoisotopic (exact) mass is 250 g/mol. The Morgan fingerprint density at radius 2 is 2.17 bits per heavy atom. The normalized spacial score (nSPS) is 12.4. The van der Waals surface area contributed by atoms with E-state index in [0.29, 0.717) is 11.4 Å². The molecule has 1 aromatic heterocycles. The fourth-order valence-corrected chi connectivity index (χ4v) is 1.78. The zero-order valence-electron chi connectivity index (χ0n) is 11.3. The number of anilines is 1. The van der Waals surface area contributed by atoms with Crippen molar-refractivity contribution in [3.63, 3.8) is 0 Å². The van der Waals surface area contributed by atoms with Gasteiger partial charge in [-0.3, -0.25) is 9.78 Å². The number of carbonyl (C=O) groups is 1. The van der Waals surface area contributed by atoms with Crippen LogP contribution in [-0.4, -0.2) is 41.5 Å². The lowest BCUT2D eigenvalue weighted by Gasteiger charge is -2.23. The third kappa shape index (κ3) is 4.33. The predicted molar refractivity (Wildman–Crippen MR) is 73.4 cm³/mol. The SMILES string of the molecule is CCN(CC)CC(C)NC(=O)c1cc(N)ccn1. The second-order valence-corrected chi connectivity index (χ2v) is 4.33. The zero-order chi connectivity index (χ0) is 13.5. The van der Waals surface area contributed by atoms with E-state index < -0.39 is 0 Å². The largest absolute Gasteiger partial charge is 0.399 e. The van der Waals surface area contributed by atoms with Crippen molar-refractivity contribution < 1.29 is 4.79 Å². The van der Waals surface area contributed by atoms with E-state index in [1.165, 1.54) is 0 Å². The van der Waals surface area contributed by atoms with Crippen LogP contribution in [0.25, 0.3) is 0 Å². The molecule has 0 saturated carbocycles. The third-order valence-electron chi connectivity index (χ3n) is 2.82. The quantitative estimate of drug-likeness (QED) is 0.794. The van der Waals surface area contributed by atoms with E-state index in [0.717, 1.165) is 19.6 Å². The number of hydrogen-bond donors (Lipinski definition) is 2. The lowest BCUT2D eigenvalue weighted by Crippen LogP contribution is -2.42. The van der Waals surface area contributed by atoms with Crippen LogP contribution in [0.3, 0.4) is 0 Å². The molecule has 18 heavy (non-hydrogen) atoms. The minimum atomic E-state index is -0.179. The van der Waals surface area contributed by atoms with E-state index in [1.807, 2.05) is 6.92 Å². The highest BCUT2D eigenvalue weighted by atomic mass is 16.1. The number of nitrogens with one attached hydrogen (secondary N) is 1. The van der Waals surface area contributed by atoms with Crippen molar-refractivity contribution in [2.75, 3.05) is 25.4 Å². The minimum Gasteiger partial charge on any atom is -0.399 e. The Bertz CT molecular complexity index is 390. The van der Waals surface area contributed by atoms with Gasteiger partial charge in [0.25, 0.3) is 5.91 Å². The zero-order valence-corrected chi connectivity index (χ0v) is 11.3. The van der Waals surface area contributed by atoms with Crippen LogP contribution in [0.2, 0.25) is 0 Å². The van der Waals surface area contributed by atoms with Gasteiger partial charge in [0, 0.05) is 24.5 Å². The number of likely N-dealkylation sites (N-methyl/N-ethyl adjacent to an activating group) is 1. The van der Waals surface area contributed by atoms with Crippen molar-refractivity contribution in [2.45, 2.75) is 26.8 Å². The van der Waals surface area contributed by atoms with Gasteiger partial charge in [-0.15, -0.1) is 0 Å². The molecule has 0 aliphatic rings. The summed E-state index contributed by atoms with van der Waals surface area (Å²) in [5.41, 5.74) is 6.53. The van der Waals surface area contributed by atoms with Gasteiger partial charge in [0.2, 0.25) is 0 Å². The lowest BCUT2D eigenvalue weighted by molar-refractivity contribution is 0.0925. The fourth-order valence-electron chi connectivity index (χ4n) is 1.78. The fraction of sp³-hybridized carbons (Fsp3) is 0.538. The van der Waals surface area contributed by atoms with Crippen molar-refractivity contribution in [3.8, 4) is 0 Å². The Hall–Kier alpha value is -1.62. The first-order chi connectivity index (χ1) is 8.56. The van der Waals surface area contributed by atoms with Crippen LogP contribution in [0.15, 0.2) is 18.3 Å². The van der Waals surface area contributed by atoms with Crippen molar-refractivity contribution >= 4 is 11.6 Å². The van der Waals surface area contributed by atoms with Gasteiger partial charge < -0.3 is 16.0 Å². The predicted octanol–water partition coefficient (Wildman–Crippen LogP) is 1.12. The Kier molecular flexibility index (Phi) is 5.58. The van der Waals surface area contributed by atoms with Gasteiger partial charge in [0.1, 0.15) is 5.69 Å². The highest BCUT2D eigenvalue weighted by Gasteiger charge is 2.13. The van der Waals surface area contributed by atoms with E-state index in [9.17, 15) is 4.79 Å². The smallest absolute Gasteiger partial charge is 0.270 e. The number of pyridine rings is 1. The summed E-state index contributed by atoms with van der Waals surface area (Å²) in [6.45, 7) is 9.00. The Morgan fingerprint density at radius 3 is 2.72 bits per heavy atom. The van der Waals surface area contributed by atoms with Gasteiger partial charge in [0.15, 0.2) is 0 Å². The van der Waals surface area contributed by atoms with Gasteiger partial charge in [-0.1, -0.05) is 13.8 Å². The molecule has 1 atom stereocenters. The van der Waals surface area contributed by atoms with Crippen LogP contribution < -0.4 is 11.1 Å². The molecular weight excluding hydrogens is 228 g/mol. The minimum absolute atomic E-state index is 0.0839. The molecule has 0 aromatic carbocycles. The average molecular weight is 250 g/mol. The van der Waals surface area contributed by atoms with Crippen LogP contribution >= 0.6 is 0 Å². The summed E-state index contributed by atoms with van der Waals surface area (Å²) in [7, 11) is 0. The summed E-state index contributed by atoms with van der Waals surface area (Å²) in [6.07, 6.45) is 1.54. The molecule has 0 aliphatic heterocycles. The second-order valence-electron chi connectivity index (χ2n) is 4.33. The molecule has 1 heterocycles. The van der Waals surface area contributed by atoms with E-state index in [4.69, 9.17) is 5.73 Å². The molecule has 3 N–H and O–H groups in total. The molecule has 100 valence electrons. The molecule has 1 rings (SSSR count). The first kappa shape index (κ1) is 14.4. The van der Waals surface area contributed by atoms with Gasteiger partial charge in [0.05, 0.1) is 0 Å². The average Bonchev–Trinajstić information content (AvgIpc) is 2.35. The highest BCUT2D eigenvalue weighted by molar-refractivity contribution is 5.93. The Balaban J connectivity index is 2.54. The molecule has 5 nitrogen and oxygen atoms in total. The number of rotatable bonds is 6. The lowest BCUT2D eigenvalue weighted by atomic mass is 10.2. The molecule has 5 heteroatoms. The molecular formula is C13H22N4O. The summed E-state index contributed by atoms with van der Waals surface area (Å²) >= 11 is 0. The van der Waals surface area contributed by atoms with Gasteiger partial charge in [-0.05, 0) is 32.1 Å². The van der Waals surface area contributed by atoms with Crippen molar-refractivity contribution in [1.29, 1.82) is 0 Å². The first-order valence-corrected chi connectivity index (χ1v) is 6.31. The van der Waals surface area contributed by atoms with Crippen LogP contribution in [0.1, 0.15) is 31.3 Å². The molecule has 0 saturated heterocycles. The van der Waals surface area contributed by atoms with Crippen LogP contribution in [0, 0.1) is 0 Å². The van der Waals surface area contributed by atoms with Crippen molar-refractivity contribution in [3.05, 3.63) is 24.0 Å². The second kappa shape index (κ2) is 6.96. The Morgan fingerprint density at radius 1 is 1.50 bits per heavy atom. The standard InChI is InChI=1S/C13H22N4O/c1-4-17(5-2)9-10(3)16-13(18)12-8-11(14)6-7-15-12/h6-8,10H,4-5,9H2,1-3H3,(H2,14,15)(H,16,18).